The van der Waals surface area contributed by atoms with Crippen molar-refractivity contribution in [3.8, 4) is 11.4 Å². The molecule has 0 saturated heterocycles. The zero-order valence-electron chi connectivity index (χ0n) is 8.72. The van der Waals surface area contributed by atoms with Gasteiger partial charge in [0.25, 0.3) is 0 Å². The zero-order valence-corrected chi connectivity index (χ0v) is 9.48. The van der Waals surface area contributed by atoms with Crippen molar-refractivity contribution in [2.24, 2.45) is 0 Å². The van der Waals surface area contributed by atoms with E-state index in [0.717, 1.165) is 5.56 Å². The van der Waals surface area contributed by atoms with Crippen LogP contribution in [0.2, 0.25) is 5.02 Å². The van der Waals surface area contributed by atoms with Crippen molar-refractivity contribution in [1.29, 1.82) is 0 Å². The third-order valence-corrected chi connectivity index (χ3v) is 2.38. The first-order valence-electron chi connectivity index (χ1n) is 4.92. The Morgan fingerprint density at radius 2 is 2.19 bits per heavy atom. The highest BCUT2D eigenvalue weighted by atomic mass is 35.5. The van der Waals surface area contributed by atoms with Gasteiger partial charge < -0.3 is 9.63 Å². The van der Waals surface area contributed by atoms with E-state index in [1.54, 1.807) is 13.0 Å². The maximum atomic E-state index is 9.19. The molecule has 0 aliphatic rings. The Hall–Kier alpha value is -1.39. The van der Waals surface area contributed by atoms with Crippen molar-refractivity contribution in [3.05, 3.63) is 35.2 Å². The van der Waals surface area contributed by atoms with Crippen LogP contribution in [-0.4, -0.2) is 21.4 Å². The maximum Gasteiger partial charge on any atom is 0.229 e. The summed E-state index contributed by atoms with van der Waals surface area (Å²) < 4.78 is 5.01. The van der Waals surface area contributed by atoms with Crippen LogP contribution >= 0.6 is 11.6 Å². The van der Waals surface area contributed by atoms with Crippen molar-refractivity contribution < 1.29 is 9.63 Å². The topological polar surface area (TPSA) is 59.2 Å². The van der Waals surface area contributed by atoms with E-state index < -0.39 is 6.10 Å². The van der Waals surface area contributed by atoms with Crippen LogP contribution in [0, 0.1) is 0 Å². The number of benzene rings is 1. The standard InChI is InChI=1S/C11H11ClN2O2/c1-7(15)6-10-13-11(14-16-10)8-4-2-3-5-9(8)12/h2-5,7,15H,6H2,1H3. The molecule has 2 rings (SSSR count). The van der Waals surface area contributed by atoms with Gasteiger partial charge in [0.15, 0.2) is 0 Å². The number of aliphatic hydroxyl groups excluding tert-OH is 1. The Morgan fingerprint density at radius 3 is 2.88 bits per heavy atom. The highest BCUT2D eigenvalue weighted by Crippen LogP contribution is 2.24. The van der Waals surface area contributed by atoms with E-state index in [4.69, 9.17) is 16.1 Å². The molecule has 1 heterocycles. The Morgan fingerprint density at radius 1 is 1.44 bits per heavy atom. The van der Waals surface area contributed by atoms with E-state index in [2.05, 4.69) is 10.1 Å². The van der Waals surface area contributed by atoms with E-state index in [9.17, 15) is 5.11 Å². The van der Waals surface area contributed by atoms with Gasteiger partial charge in [0.2, 0.25) is 11.7 Å². The fourth-order valence-corrected chi connectivity index (χ4v) is 1.56. The summed E-state index contributed by atoms with van der Waals surface area (Å²) in [5.41, 5.74) is 0.727. The van der Waals surface area contributed by atoms with Crippen LogP contribution in [-0.2, 0) is 6.42 Å². The van der Waals surface area contributed by atoms with Gasteiger partial charge in [-0.3, -0.25) is 0 Å². The molecule has 16 heavy (non-hydrogen) atoms. The van der Waals surface area contributed by atoms with Gasteiger partial charge in [-0.25, -0.2) is 0 Å². The Bertz CT molecular complexity index is 482. The van der Waals surface area contributed by atoms with Crippen molar-refractivity contribution in [1.82, 2.24) is 10.1 Å². The van der Waals surface area contributed by atoms with Crippen LogP contribution in [0.3, 0.4) is 0 Å². The average Bonchev–Trinajstić information content (AvgIpc) is 2.66. The monoisotopic (exact) mass is 238 g/mol. The number of aromatic nitrogens is 2. The second-order valence-corrected chi connectivity index (χ2v) is 3.95. The molecular weight excluding hydrogens is 228 g/mol. The van der Waals surface area contributed by atoms with Crippen molar-refractivity contribution >= 4 is 11.6 Å². The minimum absolute atomic E-state index is 0.345. The SMILES string of the molecule is CC(O)Cc1nc(-c2ccccc2Cl)no1. The van der Waals surface area contributed by atoms with Crippen LogP contribution in [0.15, 0.2) is 28.8 Å². The van der Waals surface area contributed by atoms with Crippen molar-refractivity contribution in [2.75, 3.05) is 0 Å². The zero-order chi connectivity index (χ0) is 11.5. The first kappa shape index (κ1) is 11.1. The number of hydrogen-bond donors (Lipinski definition) is 1. The number of aliphatic hydroxyl groups is 1. The second-order valence-electron chi connectivity index (χ2n) is 3.54. The Labute approximate surface area is 97.9 Å². The van der Waals surface area contributed by atoms with Crippen LogP contribution < -0.4 is 0 Å². The molecule has 0 aliphatic carbocycles. The summed E-state index contributed by atoms with van der Waals surface area (Å²) in [4.78, 5) is 4.16. The van der Waals surface area contributed by atoms with Crippen LogP contribution in [0.4, 0.5) is 0 Å². The molecule has 0 radical (unpaired) electrons. The molecule has 0 bridgehead atoms. The minimum atomic E-state index is -0.500. The van der Waals surface area contributed by atoms with E-state index in [1.165, 1.54) is 0 Å². The first-order valence-corrected chi connectivity index (χ1v) is 5.30. The minimum Gasteiger partial charge on any atom is -0.393 e. The summed E-state index contributed by atoms with van der Waals surface area (Å²) in [6.45, 7) is 1.67. The van der Waals surface area contributed by atoms with E-state index in [1.807, 2.05) is 18.2 Å². The maximum absolute atomic E-state index is 9.19. The highest BCUT2D eigenvalue weighted by molar-refractivity contribution is 6.33. The molecule has 84 valence electrons. The molecule has 5 heteroatoms. The number of hydrogen-bond acceptors (Lipinski definition) is 4. The summed E-state index contributed by atoms with van der Waals surface area (Å²) in [6.07, 6.45) is -0.156. The Kier molecular flexibility index (Phi) is 3.22. The number of halogens is 1. The molecule has 0 spiro atoms. The summed E-state index contributed by atoms with van der Waals surface area (Å²) in [5, 5.41) is 13.6. The molecule has 0 amide bonds. The lowest BCUT2D eigenvalue weighted by Crippen LogP contribution is -2.04. The average molecular weight is 239 g/mol. The van der Waals surface area contributed by atoms with Gasteiger partial charge in [-0.2, -0.15) is 4.98 Å². The van der Waals surface area contributed by atoms with Gasteiger partial charge in [-0.05, 0) is 19.1 Å². The van der Waals surface area contributed by atoms with Crippen molar-refractivity contribution in [2.45, 2.75) is 19.4 Å². The molecular formula is C11H11ClN2O2. The number of rotatable bonds is 3. The molecule has 1 unspecified atom stereocenters. The van der Waals surface area contributed by atoms with Crippen molar-refractivity contribution in [3.63, 3.8) is 0 Å². The summed E-state index contributed by atoms with van der Waals surface area (Å²) in [5.74, 6) is 0.853. The van der Waals surface area contributed by atoms with Gasteiger partial charge in [-0.15, -0.1) is 0 Å². The van der Waals surface area contributed by atoms with Gasteiger partial charge in [-0.1, -0.05) is 28.9 Å². The summed E-state index contributed by atoms with van der Waals surface area (Å²) in [6, 6.07) is 7.27. The molecule has 1 N–H and O–H groups in total. The van der Waals surface area contributed by atoms with E-state index >= 15 is 0 Å². The molecule has 0 saturated carbocycles. The van der Waals surface area contributed by atoms with Gasteiger partial charge in [0.1, 0.15) is 0 Å². The Balaban J connectivity index is 2.28. The van der Waals surface area contributed by atoms with E-state index in [0.29, 0.717) is 23.2 Å². The predicted octanol–water partition coefficient (Wildman–Crippen LogP) is 2.31. The quantitative estimate of drug-likeness (QED) is 0.892. The second kappa shape index (κ2) is 4.63. The molecule has 1 aromatic heterocycles. The van der Waals surface area contributed by atoms with Gasteiger partial charge >= 0.3 is 0 Å². The molecule has 0 aliphatic heterocycles. The summed E-state index contributed by atoms with van der Waals surface area (Å²) >= 11 is 6.00. The summed E-state index contributed by atoms with van der Waals surface area (Å²) in [7, 11) is 0. The van der Waals surface area contributed by atoms with Crippen LogP contribution in [0.25, 0.3) is 11.4 Å². The third kappa shape index (κ3) is 2.40. The molecule has 0 fully saturated rings. The third-order valence-electron chi connectivity index (χ3n) is 2.05. The lowest BCUT2D eigenvalue weighted by Gasteiger charge is -1.97. The molecule has 1 atom stereocenters. The molecule has 4 nitrogen and oxygen atoms in total. The predicted molar refractivity (Wildman–Crippen MR) is 60.1 cm³/mol. The fraction of sp³-hybridized carbons (Fsp3) is 0.273. The van der Waals surface area contributed by atoms with E-state index in [-0.39, 0.29) is 0 Å². The highest BCUT2D eigenvalue weighted by Gasteiger charge is 2.12. The fourth-order valence-electron chi connectivity index (χ4n) is 1.34. The number of nitrogens with zero attached hydrogens (tertiary/aromatic N) is 2. The lowest BCUT2D eigenvalue weighted by molar-refractivity contribution is 0.181. The first-order chi connectivity index (χ1) is 7.66. The van der Waals surface area contributed by atoms with Crippen LogP contribution in [0.1, 0.15) is 12.8 Å². The normalized spacial score (nSPS) is 12.7. The smallest absolute Gasteiger partial charge is 0.229 e. The van der Waals surface area contributed by atoms with Crippen LogP contribution in [0.5, 0.6) is 0 Å². The van der Waals surface area contributed by atoms with Gasteiger partial charge in [0, 0.05) is 5.56 Å². The molecule has 2 aromatic rings. The lowest BCUT2D eigenvalue weighted by atomic mass is 10.2. The molecule has 1 aromatic carbocycles. The largest absolute Gasteiger partial charge is 0.393 e. The van der Waals surface area contributed by atoms with Gasteiger partial charge in [0.05, 0.1) is 17.5 Å².